The average Bonchev–Trinajstić information content (AvgIpc) is 2.51. The fraction of sp³-hybridized carbons (Fsp3) is 0.636. The molecule has 0 amide bonds. The maximum atomic E-state index is 3.57. The molecule has 0 bridgehead atoms. The lowest BCUT2D eigenvalue weighted by Gasteiger charge is -2.27. The number of hydrogen-bond acceptors (Lipinski definition) is 1. The Morgan fingerprint density at radius 1 is 1.62 bits per heavy atom. The van der Waals surface area contributed by atoms with E-state index >= 15 is 0 Å². The summed E-state index contributed by atoms with van der Waals surface area (Å²) in [6, 6.07) is 4.96. The molecular formula is C11H18N2. The van der Waals surface area contributed by atoms with Crippen molar-refractivity contribution in [1.82, 2.24) is 9.88 Å². The van der Waals surface area contributed by atoms with Gasteiger partial charge in [0.1, 0.15) is 0 Å². The van der Waals surface area contributed by atoms with Crippen LogP contribution in [0.3, 0.4) is 0 Å². The first-order valence-corrected chi connectivity index (χ1v) is 5.16. The van der Waals surface area contributed by atoms with E-state index in [9.17, 15) is 0 Å². The van der Waals surface area contributed by atoms with Gasteiger partial charge in [0, 0.05) is 31.0 Å². The smallest absolute Gasteiger partial charge is 0.0477 e. The van der Waals surface area contributed by atoms with Crippen LogP contribution in [0.4, 0.5) is 0 Å². The molecule has 72 valence electrons. The lowest BCUT2D eigenvalue weighted by molar-refractivity contribution is 0.367. The predicted octanol–water partition coefficient (Wildman–Crippen LogP) is 2.18. The molecule has 0 unspecified atom stereocenters. The van der Waals surface area contributed by atoms with Crippen molar-refractivity contribution in [3.8, 4) is 0 Å². The van der Waals surface area contributed by atoms with Crippen molar-refractivity contribution in [2.75, 3.05) is 6.54 Å². The first kappa shape index (κ1) is 8.82. The van der Waals surface area contributed by atoms with E-state index in [0.29, 0.717) is 6.04 Å². The van der Waals surface area contributed by atoms with Crippen molar-refractivity contribution in [2.24, 2.45) is 5.92 Å². The molecule has 1 aliphatic heterocycles. The number of rotatable bonds is 2. The van der Waals surface area contributed by atoms with E-state index in [1.54, 1.807) is 0 Å². The van der Waals surface area contributed by atoms with Crippen molar-refractivity contribution in [3.05, 3.63) is 24.0 Å². The Labute approximate surface area is 79.9 Å². The molecule has 0 saturated carbocycles. The van der Waals surface area contributed by atoms with Gasteiger partial charge in [-0.3, -0.25) is 0 Å². The topological polar surface area (TPSA) is 17.0 Å². The Morgan fingerprint density at radius 2 is 2.46 bits per heavy atom. The van der Waals surface area contributed by atoms with Gasteiger partial charge in [-0.15, -0.1) is 0 Å². The SMILES string of the molecule is CC(C)C[C@@H]1NCCn2cccc21. The van der Waals surface area contributed by atoms with Crippen molar-refractivity contribution in [1.29, 1.82) is 0 Å². The van der Waals surface area contributed by atoms with Crippen molar-refractivity contribution >= 4 is 0 Å². The summed E-state index contributed by atoms with van der Waals surface area (Å²) >= 11 is 0. The highest BCUT2D eigenvalue weighted by Crippen LogP contribution is 2.23. The van der Waals surface area contributed by atoms with Gasteiger partial charge in [0.2, 0.25) is 0 Å². The van der Waals surface area contributed by atoms with E-state index in [2.05, 4.69) is 42.1 Å². The van der Waals surface area contributed by atoms with E-state index in [1.165, 1.54) is 12.1 Å². The minimum Gasteiger partial charge on any atom is -0.349 e. The van der Waals surface area contributed by atoms with Crippen LogP contribution in [-0.2, 0) is 6.54 Å². The Bertz CT molecular complexity index is 275. The quantitative estimate of drug-likeness (QED) is 0.734. The highest BCUT2D eigenvalue weighted by atomic mass is 15.1. The summed E-state index contributed by atoms with van der Waals surface area (Å²) in [6.07, 6.45) is 3.42. The second-order valence-electron chi connectivity index (χ2n) is 4.26. The highest BCUT2D eigenvalue weighted by Gasteiger charge is 2.19. The molecule has 0 saturated heterocycles. The Hall–Kier alpha value is -0.760. The van der Waals surface area contributed by atoms with Gasteiger partial charge < -0.3 is 9.88 Å². The van der Waals surface area contributed by atoms with E-state index in [4.69, 9.17) is 0 Å². The molecule has 2 heteroatoms. The van der Waals surface area contributed by atoms with Gasteiger partial charge >= 0.3 is 0 Å². The molecule has 1 aromatic rings. The van der Waals surface area contributed by atoms with E-state index in [-0.39, 0.29) is 0 Å². The van der Waals surface area contributed by atoms with Gasteiger partial charge in [-0.1, -0.05) is 13.8 Å². The first-order valence-electron chi connectivity index (χ1n) is 5.16. The maximum Gasteiger partial charge on any atom is 0.0477 e. The van der Waals surface area contributed by atoms with Crippen LogP contribution in [0.25, 0.3) is 0 Å². The fourth-order valence-corrected chi connectivity index (χ4v) is 2.09. The van der Waals surface area contributed by atoms with Gasteiger partial charge in [0.05, 0.1) is 0 Å². The monoisotopic (exact) mass is 178 g/mol. The van der Waals surface area contributed by atoms with Gasteiger partial charge in [-0.25, -0.2) is 0 Å². The third-order valence-corrected chi connectivity index (χ3v) is 2.67. The lowest BCUT2D eigenvalue weighted by Crippen LogP contribution is -2.33. The molecule has 0 aliphatic carbocycles. The summed E-state index contributed by atoms with van der Waals surface area (Å²) in [5.74, 6) is 0.763. The van der Waals surface area contributed by atoms with Gasteiger partial charge in [-0.05, 0) is 24.5 Å². The van der Waals surface area contributed by atoms with E-state index in [0.717, 1.165) is 19.0 Å². The molecule has 0 spiro atoms. The molecule has 2 rings (SSSR count). The molecular weight excluding hydrogens is 160 g/mol. The second kappa shape index (κ2) is 3.54. The number of aromatic nitrogens is 1. The molecule has 1 aromatic heterocycles. The van der Waals surface area contributed by atoms with Gasteiger partial charge in [0.15, 0.2) is 0 Å². The maximum absolute atomic E-state index is 3.57. The number of fused-ring (bicyclic) bond motifs is 1. The van der Waals surface area contributed by atoms with Crippen molar-refractivity contribution in [3.63, 3.8) is 0 Å². The Kier molecular flexibility index (Phi) is 2.40. The minimum atomic E-state index is 0.573. The van der Waals surface area contributed by atoms with Crippen LogP contribution in [0.1, 0.15) is 32.0 Å². The van der Waals surface area contributed by atoms with Gasteiger partial charge in [-0.2, -0.15) is 0 Å². The van der Waals surface area contributed by atoms with Crippen LogP contribution in [0.2, 0.25) is 0 Å². The van der Waals surface area contributed by atoms with Crippen LogP contribution < -0.4 is 5.32 Å². The third kappa shape index (κ3) is 1.78. The normalized spacial score (nSPS) is 21.9. The second-order valence-corrected chi connectivity index (χ2v) is 4.26. The lowest BCUT2D eigenvalue weighted by atomic mass is 10.00. The zero-order chi connectivity index (χ0) is 9.26. The van der Waals surface area contributed by atoms with Crippen LogP contribution in [-0.4, -0.2) is 11.1 Å². The summed E-state index contributed by atoms with van der Waals surface area (Å²) in [5, 5.41) is 3.57. The summed E-state index contributed by atoms with van der Waals surface area (Å²) in [5.41, 5.74) is 1.46. The number of nitrogens with one attached hydrogen (secondary N) is 1. The van der Waals surface area contributed by atoms with Crippen LogP contribution in [0, 0.1) is 5.92 Å². The van der Waals surface area contributed by atoms with E-state index in [1.807, 2.05) is 0 Å². The van der Waals surface area contributed by atoms with Crippen LogP contribution in [0.5, 0.6) is 0 Å². The molecule has 0 radical (unpaired) electrons. The molecule has 1 N–H and O–H groups in total. The van der Waals surface area contributed by atoms with Gasteiger partial charge in [0.25, 0.3) is 0 Å². The molecule has 2 heterocycles. The molecule has 0 aromatic carbocycles. The standard InChI is InChI=1S/C11H18N2/c1-9(2)8-10-11-4-3-6-13(11)7-5-12-10/h3-4,6,9-10,12H,5,7-8H2,1-2H3/t10-/m0/s1. The highest BCUT2D eigenvalue weighted by molar-refractivity contribution is 5.14. The minimum absolute atomic E-state index is 0.573. The van der Waals surface area contributed by atoms with Crippen LogP contribution in [0.15, 0.2) is 18.3 Å². The molecule has 13 heavy (non-hydrogen) atoms. The molecule has 1 aliphatic rings. The number of nitrogens with zero attached hydrogens (tertiary/aromatic N) is 1. The van der Waals surface area contributed by atoms with Crippen molar-refractivity contribution in [2.45, 2.75) is 32.9 Å². The fourth-order valence-electron chi connectivity index (χ4n) is 2.09. The summed E-state index contributed by atoms with van der Waals surface area (Å²) < 4.78 is 2.36. The van der Waals surface area contributed by atoms with Crippen molar-refractivity contribution < 1.29 is 0 Å². The summed E-state index contributed by atoms with van der Waals surface area (Å²) in [7, 11) is 0. The zero-order valence-corrected chi connectivity index (χ0v) is 8.46. The predicted molar refractivity (Wildman–Crippen MR) is 54.6 cm³/mol. The number of hydrogen-bond donors (Lipinski definition) is 1. The largest absolute Gasteiger partial charge is 0.349 e. The summed E-state index contributed by atoms with van der Waals surface area (Å²) in [4.78, 5) is 0. The average molecular weight is 178 g/mol. The molecule has 2 nitrogen and oxygen atoms in total. The van der Waals surface area contributed by atoms with E-state index < -0.39 is 0 Å². The molecule has 0 fully saturated rings. The van der Waals surface area contributed by atoms with Crippen LogP contribution >= 0.6 is 0 Å². The summed E-state index contributed by atoms with van der Waals surface area (Å²) in [6.45, 7) is 6.79. The Balaban J connectivity index is 2.15. The Morgan fingerprint density at radius 3 is 3.23 bits per heavy atom. The third-order valence-electron chi connectivity index (χ3n) is 2.67. The zero-order valence-electron chi connectivity index (χ0n) is 8.46. The molecule has 1 atom stereocenters. The first-order chi connectivity index (χ1) is 6.27.